The summed E-state index contributed by atoms with van der Waals surface area (Å²) in [6, 6.07) is 0.162. The third-order valence-corrected chi connectivity index (χ3v) is 1.64. The number of aliphatic carboxylic acids is 1. The molecule has 92 valence electrons. The molecule has 0 aliphatic heterocycles. The zero-order chi connectivity index (χ0) is 13.0. The molecule has 0 spiro atoms. The summed E-state index contributed by atoms with van der Waals surface area (Å²) in [4.78, 5) is 21.1. The maximum absolute atomic E-state index is 12.7. The smallest absolute Gasteiger partial charge is 0.323 e. The SMILES string of the molecule is O=C(O)CNC(=O)Nc1cc(F)c(F)c(F)c1. The molecule has 0 saturated carbocycles. The number of carboxylic acids is 1. The van der Waals surface area contributed by atoms with Gasteiger partial charge in [-0.25, -0.2) is 18.0 Å². The van der Waals surface area contributed by atoms with Gasteiger partial charge in [-0.15, -0.1) is 0 Å². The van der Waals surface area contributed by atoms with Gasteiger partial charge >= 0.3 is 12.0 Å². The van der Waals surface area contributed by atoms with Crippen molar-refractivity contribution in [1.82, 2.24) is 5.32 Å². The van der Waals surface area contributed by atoms with Gasteiger partial charge in [0.2, 0.25) is 0 Å². The largest absolute Gasteiger partial charge is 0.480 e. The Bertz CT molecular complexity index is 442. The van der Waals surface area contributed by atoms with Gasteiger partial charge in [0, 0.05) is 17.8 Å². The first kappa shape index (κ1) is 12.8. The number of urea groups is 1. The predicted molar refractivity (Wildman–Crippen MR) is 51.0 cm³/mol. The van der Waals surface area contributed by atoms with Crippen molar-refractivity contribution in [2.75, 3.05) is 11.9 Å². The lowest BCUT2D eigenvalue weighted by molar-refractivity contribution is -0.135. The summed E-state index contributed by atoms with van der Waals surface area (Å²) in [6.45, 7) is -0.655. The van der Waals surface area contributed by atoms with Crippen LogP contribution in [0.3, 0.4) is 0 Å². The van der Waals surface area contributed by atoms with Gasteiger partial charge in [-0.05, 0) is 0 Å². The second-order valence-corrected chi connectivity index (χ2v) is 2.96. The van der Waals surface area contributed by atoms with Crippen molar-refractivity contribution in [2.24, 2.45) is 0 Å². The maximum atomic E-state index is 12.7. The highest BCUT2D eigenvalue weighted by atomic mass is 19.2. The number of hydrogen-bond acceptors (Lipinski definition) is 2. The predicted octanol–water partition coefficient (Wildman–Crippen LogP) is 1.31. The van der Waals surface area contributed by atoms with E-state index in [9.17, 15) is 22.8 Å². The zero-order valence-electron chi connectivity index (χ0n) is 8.26. The van der Waals surface area contributed by atoms with Gasteiger partial charge < -0.3 is 15.7 Å². The van der Waals surface area contributed by atoms with Crippen LogP contribution in [0.2, 0.25) is 0 Å². The molecule has 0 aromatic heterocycles. The molecule has 2 amide bonds. The number of carbonyl (C=O) groups excluding carboxylic acids is 1. The van der Waals surface area contributed by atoms with E-state index in [1.165, 1.54) is 0 Å². The molecule has 17 heavy (non-hydrogen) atoms. The Hall–Kier alpha value is -2.25. The van der Waals surface area contributed by atoms with Gasteiger partial charge in [-0.3, -0.25) is 4.79 Å². The minimum absolute atomic E-state index is 0.329. The third kappa shape index (κ3) is 3.67. The number of nitrogens with one attached hydrogen (secondary N) is 2. The van der Waals surface area contributed by atoms with Gasteiger partial charge in [0.1, 0.15) is 6.54 Å². The molecule has 8 heteroatoms. The monoisotopic (exact) mass is 248 g/mol. The first-order chi connectivity index (χ1) is 7.90. The van der Waals surface area contributed by atoms with E-state index < -0.39 is 36.0 Å². The number of amides is 2. The number of benzene rings is 1. The van der Waals surface area contributed by atoms with Gasteiger partial charge in [0.25, 0.3) is 0 Å². The Labute approximate surface area is 93.2 Å². The van der Waals surface area contributed by atoms with E-state index in [4.69, 9.17) is 5.11 Å². The van der Waals surface area contributed by atoms with Crippen LogP contribution in [0.1, 0.15) is 0 Å². The summed E-state index contributed by atoms with van der Waals surface area (Å²) in [5.74, 6) is -5.85. The Balaban J connectivity index is 2.69. The molecule has 0 heterocycles. The van der Waals surface area contributed by atoms with Gasteiger partial charge in [-0.2, -0.15) is 0 Å². The minimum atomic E-state index is -1.65. The summed E-state index contributed by atoms with van der Waals surface area (Å²) in [5, 5.41) is 12.1. The molecule has 0 atom stereocenters. The molecule has 0 fully saturated rings. The van der Waals surface area contributed by atoms with Crippen molar-refractivity contribution in [3.05, 3.63) is 29.6 Å². The van der Waals surface area contributed by atoms with Crippen molar-refractivity contribution in [3.8, 4) is 0 Å². The van der Waals surface area contributed by atoms with Gasteiger partial charge in [0.05, 0.1) is 0 Å². The van der Waals surface area contributed by atoms with Crippen LogP contribution in [0.25, 0.3) is 0 Å². The molecular formula is C9H7F3N2O3. The lowest BCUT2D eigenvalue weighted by Gasteiger charge is -2.06. The highest BCUT2D eigenvalue weighted by Gasteiger charge is 2.12. The lowest BCUT2D eigenvalue weighted by atomic mass is 10.3. The molecule has 0 bridgehead atoms. The van der Waals surface area contributed by atoms with Crippen LogP contribution < -0.4 is 10.6 Å². The summed E-state index contributed by atoms with van der Waals surface area (Å²) in [7, 11) is 0. The van der Waals surface area contributed by atoms with Crippen LogP contribution in [0, 0.1) is 17.5 Å². The fourth-order valence-corrected chi connectivity index (χ4v) is 0.959. The summed E-state index contributed by atoms with van der Waals surface area (Å²) in [5.41, 5.74) is -0.329. The quantitative estimate of drug-likeness (QED) is 0.705. The zero-order valence-corrected chi connectivity index (χ0v) is 8.26. The number of rotatable bonds is 3. The molecule has 0 saturated heterocycles. The van der Waals surface area contributed by atoms with Crippen molar-refractivity contribution in [2.45, 2.75) is 0 Å². The van der Waals surface area contributed by atoms with Crippen LogP contribution >= 0.6 is 0 Å². The van der Waals surface area contributed by atoms with Crippen molar-refractivity contribution in [3.63, 3.8) is 0 Å². The Morgan fingerprint density at radius 3 is 2.18 bits per heavy atom. The highest BCUT2D eigenvalue weighted by Crippen LogP contribution is 2.16. The molecule has 5 nitrogen and oxygen atoms in total. The molecule has 0 unspecified atom stereocenters. The van der Waals surface area contributed by atoms with Gasteiger partial charge in [-0.1, -0.05) is 0 Å². The van der Waals surface area contributed by atoms with Crippen molar-refractivity contribution in [1.29, 1.82) is 0 Å². The highest BCUT2D eigenvalue weighted by molar-refractivity contribution is 5.91. The van der Waals surface area contributed by atoms with E-state index in [0.717, 1.165) is 0 Å². The average Bonchev–Trinajstić information content (AvgIpc) is 2.23. The topological polar surface area (TPSA) is 78.4 Å². The fraction of sp³-hybridized carbons (Fsp3) is 0.111. The number of hydrogen-bond donors (Lipinski definition) is 3. The summed E-state index contributed by atoms with van der Waals surface area (Å²) < 4.78 is 38.0. The molecule has 1 aromatic rings. The molecule has 1 rings (SSSR count). The minimum Gasteiger partial charge on any atom is -0.480 e. The molecule has 0 aliphatic rings. The standard InChI is InChI=1S/C9H7F3N2O3/c10-5-1-4(2-6(11)8(5)12)14-9(17)13-3-7(15)16/h1-2H,3H2,(H,15,16)(H2,13,14,17). The second kappa shape index (κ2) is 5.19. The molecule has 0 aliphatic carbocycles. The maximum Gasteiger partial charge on any atom is 0.323 e. The van der Waals surface area contributed by atoms with E-state index >= 15 is 0 Å². The Morgan fingerprint density at radius 2 is 1.71 bits per heavy atom. The van der Waals surface area contributed by atoms with E-state index in [1.807, 2.05) is 10.6 Å². The fourth-order valence-electron chi connectivity index (χ4n) is 0.959. The normalized spacial score (nSPS) is 9.82. The van der Waals surface area contributed by atoms with E-state index in [1.54, 1.807) is 0 Å². The van der Waals surface area contributed by atoms with Crippen LogP contribution in [0.4, 0.5) is 23.7 Å². The molecule has 3 N–H and O–H groups in total. The number of halogens is 3. The van der Waals surface area contributed by atoms with Crippen LogP contribution in [0.5, 0.6) is 0 Å². The van der Waals surface area contributed by atoms with E-state index in [-0.39, 0.29) is 5.69 Å². The molecule has 0 radical (unpaired) electrons. The second-order valence-electron chi connectivity index (χ2n) is 2.96. The first-order valence-corrected chi connectivity index (χ1v) is 4.31. The van der Waals surface area contributed by atoms with Crippen LogP contribution in [0.15, 0.2) is 12.1 Å². The molecule has 1 aromatic carbocycles. The van der Waals surface area contributed by atoms with Crippen molar-refractivity contribution >= 4 is 17.7 Å². The van der Waals surface area contributed by atoms with Crippen molar-refractivity contribution < 1.29 is 27.9 Å². The van der Waals surface area contributed by atoms with Crippen LogP contribution in [-0.4, -0.2) is 23.7 Å². The summed E-state index contributed by atoms with van der Waals surface area (Å²) >= 11 is 0. The first-order valence-electron chi connectivity index (χ1n) is 4.31. The van der Waals surface area contributed by atoms with Crippen LogP contribution in [-0.2, 0) is 4.79 Å². The van der Waals surface area contributed by atoms with E-state index in [0.29, 0.717) is 12.1 Å². The lowest BCUT2D eigenvalue weighted by Crippen LogP contribution is -2.33. The number of carbonyl (C=O) groups is 2. The number of anilines is 1. The van der Waals surface area contributed by atoms with Gasteiger partial charge in [0.15, 0.2) is 17.5 Å². The third-order valence-electron chi connectivity index (χ3n) is 1.64. The Morgan fingerprint density at radius 1 is 1.18 bits per heavy atom. The van der Waals surface area contributed by atoms with E-state index in [2.05, 4.69) is 0 Å². The Kier molecular flexibility index (Phi) is 3.91. The number of carboxylic acid groups (broad SMARTS) is 1. The summed E-state index contributed by atoms with van der Waals surface area (Å²) in [6.07, 6.45) is 0. The average molecular weight is 248 g/mol. The molecular weight excluding hydrogens is 241 g/mol.